The number of halogens is 1. The van der Waals surface area contributed by atoms with E-state index < -0.39 is 17.3 Å². The molecule has 3 N–H and O–H groups in total. The molecule has 0 saturated carbocycles. The van der Waals surface area contributed by atoms with Crippen LogP contribution in [0.25, 0.3) is 0 Å². The third-order valence-corrected chi connectivity index (χ3v) is 2.44. The van der Waals surface area contributed by atoms with Crippen LogP contribution < -0.4 is 11.1 Å². The Hall–Kier alpha value is -1.91. The molecular formula is C12H15FN2O2. The molecular weight excluding hydrogens is 223 g/mol. The zero-order chi connectivity index (χ0) is 13.1. The van der Waals surface area contributed by atoms with E-state index in [0.29, 0.717) is 5.56 Å². The van der Waals surface area contributed by atoms with Crippen molar-refractivity contribution in [3.63, 3.8) is 0 Å². The monoisotopic (exact) mass is 238 g/mol. The van der Waals surface area contributed by atoms with Crippen LogP contribution in [0.4, 0.5) is 4.39 Å². The smallest absolute Gasteiger partial charge is 0.243 e. The number of primary amides is 1. The van der Waals surface area contributed by atoms with Crippen molar-refractivity contribution in [2.24, 2.45) is 5.73 Å². The summed E-state index contributed by atoms with van der Waals surface area (Å²) < 4.78 is 13.0. The highest BCUT2D eigenvalue weighted by atomic mass is 19.1. The topological polar surface area (TPSA) is 72.2 Å². The fourth-order valence-corrected chi connectivity index (χ4v) is 1.64. The van der Waals surface area contributed by atoms with E-state index in [4.69, 9.17) is 5.73 Å². The first kappa shape index (κ1) is 13.2. The van der Waals surface area contributed by atoms with Crippen molar-refractivity contribution in [3.05, 3.63) is 35.6 Å². The van der Waals surface area contributed by atoms with Crippen LogP contribution in [-0.2, 0) is 16.0 Å². The molecule has 1 rings (SSSR count). The van der Waals surface area contributed by atoms with Gasteiger partial charge in [0.25, 0.3) is 0 Å². The van der Waals surface area contributed by atoms with Gasteiger partial charge in [-0.25, -0.2) is 4.39 Å². The van der Waals surface area contributed by atoms with E-state index in [0.717, 1.165) is 0 Å². The first-order chi connectivity index (χ1) is 7.83. The minimum atomic E-state index is -1.21. The molecule has 17 heavy (non-hydrogen) atoms. The number of amides is 2. The first-order valence-electron chi connectivity index (χ1n) is 5.16. The molecule has 0 aliphatic heterocycles. The quantitative estimate of drug-likeness (QED) is 0.812. The van der Waals surface area contributed by atoms with Crippen molar-refractivity contribution < 1.29 is 14.0 Å². The van der Waals surface area contributed by atoms with Crippen LogP contribution in [0.15, 0.2) is 24.3 Å². The Bertz CT molecular complexity index is 448. The Morgan fingerprint density at radius 2 is 2.12 bits per heavy atom. The second-order valence-electron chi connectivity index (χ2n) is 4.18. The SMILES string of the molecule is CC(=O)N[C@@](C)(Cc1cccc(F)c1)C(N)=O. The number of nitrogens with two attached hydrogens (primary N) is 1. The molecule has 1 aromatic rings. The van der Waals surface area contributed by atoms with Crippen molar-refractivity contribution in [3.8, 4) is 0 Å². The van der Waals surface area contributed by atoms with E-state index >= 15 is 0 Å². The molecule has 2 amide bonds. The van der Waals surface area contributed by atoms with Crippen molar-refractivity contribution >= 4 is 11.8 Å². The third kappa shape index (κ3) is 3.55. The summed E-state index contributed by atoms with van der Waals surface area (Å²) in [7, 11) is 0. The van der Waals surface area contributed by atoms with Gasteiger partial charge in [0.2, 0.25) is 11.8 Å². The van der Waals surface area contributed by atoms with E-state index in [2.05, 4.69) is 5.32 Å². The third-order valence-electron chi connectivity index (χ3n) is 2.44. The van der Waals surface area contributed by atoms with Crippen LogP contribution in [0.3, 0.4) is 0 Å². The summed E-state index contributed by atoms with van der Waals surface area (Å²) in [5.41, 5.74) is 4.65. The molecule has 92 valence electrons. The van der Waals surface area contributed by atoms with Gasteiger partial charge < -0.3 is 11.1 Å². The Morgan fingerprint density at radius 3 is 2.59 bits per heavy atom. The van der Waals surface area contributed by atoms with E-state index in [1.54, 1.807) is 12.1 Å². The molecule has 0 aliphatic rings. The van der Waals surface area contributed by atoms with Gasteiger partial charge in [0.15, 0.2) is 0 Å². The Morgan fingerprint density at radius 1 is 1.47 bits per heavy atom. The molecule has 1 atom stereocenters. The molecule has 0 fully saturated rings. The number of rotatable bonds is 4. The highest BCUT2D eigenvalue weighted by Gasteiger charge is 2.32. The lowest BCUT2D eigenvalue weighted by molar-refractivity contribution is -0.130. The Labute approximate surface area is 99.0 Å². The van der Waals surface area contributed by atoms with Gasteiger partial charge in [-0.1, -0.05) is 12.1 Å². The fraction of sp³-hybridized carbons (Fsp3) is 0.333. The standard InChI is InChI=1S/C12H15FN2O2/c1-8(16)15-12(2,11(14)17)7-9-4-3-5-10(13)6-9/h3-6H,7H2,1-2H3,(H2,14,17)(H,15,16)/t12-/m0/s1. The molecule has 0 saturated heterocycles. The second-order valence-corrected chi connectivity index (χ2v) is 4.18. The Balaban J connectivity index is 2.94. The average molecular weight is 238 g/mol. The summed E-state index contributed by atoms with van der Waals surface area (Å²) in [4.78, 5) is 22.4. The normalized spacial score (nSPS) is 13.8. The van der Waals surface area contributed by atoms with Crippen molar-refractivity contribution in [1.29, 1.82) is 0 Å². The zero-order valence-corrected chi connectivity index (χ0v) is 9.79. The van der Waals surface area contributed by atoms with Crippen molar-refractivity contribution in [1.82, 2.24) is 5.32 Å². The van der Waals surface area contributed by atoms with Gasteiger partial charge in [0.05, 0.1) is 0 Å². The highest BCUT2D eigenvalue weighted by molar-refractivity contribution is 5.89. The second kappa shape index (κ2) is 4.95. The van der Waals surface area contributed by atoms with Gasteiger partial charge in [0, 0.05) is 13.3 Å². The summed E-state index contributed by atoms with van der Waals surface area (Å²) in [6, 6.07) is 5.83. The molecule has 0 spiro atoms. The molecule has 0 unspecified atom stereocenters. The lowest BCUT2D eigenvalue weighted by atomic mass is 9.92. The van der Waals surface area contributed by atoms with E-state index in [9.17, 15) is 14.0 Å². The van der Waals surface area contributed by atoms with Crippen molar-refractivity contribution in [2.45, 2.75) is 25.8 Å². The van der Waals surface area contributed by atoms with E-state index in [1.165, 1.54) is 26.0 Å². The largest absolute Gasteiger partial charge is 0.368 e. The summed E-state index contributed by atoms with van der Waals surface area (Å²) in [6.45, 7) is 2.81. The highest BCUT2D eigenvalue weighted by Crippen LogP contribution is 2.14. The number of nitrogens with one attached hydrogen (secondary N) is 1. The maximum absolute atomic E-state index is 13.0. The lowest BCUT2D eigenvalue weighted by Crippen LogP contribution is -2.56. The average Bonchev–Trinajstić information content (AvgIpc) is 2.15. The van der Waals surface area contributed by atoms with Crippen LogP contribution in [0.1, 0.15) is 19.4 Å². The summed E-state index contributed by atoms with van der Waals surface area (Å²) in [5.74, 6) is -1.41. The zero-order valence-electron chi connectivity index (χ0n) is 9.79. The molecule has 0 heterocycles. The number of carbonyl (C=O) groups excluding carboxylic acids is 2. The number of hydrogen-bond donors (Lipinski definition) is 2. The van der Waals surface area contributed by atoms with Gasteiger partial charge in [-0.15, -0.1) is 0 Å². The lowest BCUT2D eigenvalue weighted by Gasteiger charge is -2.26. The molecule has 1 aromatic carbocycles. The van der Waals surface area contributed by atoms with Crippen LogP contribution in [-0.4, -0.2) is 17.4 Å². The van der Waals surface area contributed by atoms with Gasteiger partial charge in [-0.2, -0.15) is 0 Å². The number of benzene rings is 1. The van der Waals surface area contributed by atoms with Crippen LogP contribution in [0, 0.1) is 5.82 Å². The van der Waals surface area contributed by atoms with Crippen LogP contribution in [0.5, 0.6) is 0 Å². The minimum absolute atomic E-state index is 0.152. The molecule has 0 radical (unpaired) electrons. The molecule has 0 aliphatic carbocycles. The number of carbonyl (C=O) groups is 2. The molecule has 0 aromatic heterocycles. The van der Waals surface area contributed by atoms with Gasteiger partial charge in [-0.3, -0.25) is 9.59 Å². The van der Waals surface area contributed by atoms with Gasteiger partial charge in [0.1, 0.15) is 11.4 Å². The first-order valence-corrected chi connectivity index (χ1v) is 5.16. The Kier molecular flexibility index (Phi) is 3.83. The van der Waals surface area contributed by atoms with Gasteiger partial charge in [-0.05, 0) is 24.6 Å². The maximum Gasteiger partial charge on any atom is 0.243 e. The minimum Gasteiger partial charge on any atom is -0.368 e. The summed E-state index contributed by atoms with van der Waals surface area (Å²) in [6.07, 6.45) is 0.152. The van der Waals surface area contributed by atoms with Gasteiger partial charge >= 0.3 is 0 Å². The molecule has 0 bridgehead atoms. The predicted octanol–water partition coefficient (Wildman–Crippen LogP) is 0.748. The predicted molar refractivity (Wildman–Crippen MR) is 61.5 cm³/mol. The molecule has 5 heteroatoms. The summed E-state index contributed by atoms with van der Waals surface area (Å²) in [5, 5.41) is 2.49. The van der Waals surface area contributed by atoms with Crippen molar-refractivity contribution in [2.75, 3.05) is 0 Å². The van der Waals surface area contributed by atoms with E-state index in [1.807, 2.05) is 0 Å². The molecule has 4 nitrogen and oxygen atoms in total. The fourth-order valence-electron chi connectivity index (χ4n) is 1.64. The summed E-state index contributed by atoms with van der Waals surface area (Å²) >= 11 is 0. The van der Waals surface area contributed by atoms with Crippen LogP contribution >= 0.6 is 0 Å². The number of hydrogen-bond acceptors (Lipinski definition) is 2. The van der Waals surface area contributed by atoms with E-state index in [-0.39, 0.29) is 12.3 Å². The van der Waals surface area contributed by atoms with Crippen LogP contribution in [0.2, 0.25) is 0 Å². The maximum atomic E-state index is 13.0.